The Morgan fingerprint density at radius 2 is 0.639 bits per heavy atom. The maximum atomic E-state index is 13.6. The Morgan fingerprint density at radius 3 is 0.918 bits per heavy atom. The van der Waals surface area contributed by atoms with Gasteiger partial charge in [-0.1, -0.05) is 214 Å². The number of rotatable bonds is 16. The molecule has 0 spiro atoms. The van der Waals surface area contributed by atoms with E-state index in [1.807, 2.05) is 0 Å². The van der Waals surface area contributed by atoms with Gasteiger partial charge in [0.15, 0.2) is 0 Å². The molecule has 0 saturated carbocycles. The quantitative estimate of drug-likeness (QED) is 0.0946. The number of aromatic hydroxyl groups is 2. The number of hydrogen-bond donors (Lipinski definition) is 2. The van der Waals surface area contributed by atoms with E-state index in [2.05, 4.69) is 284 Å². The Labute approximate surface area is 582 Å². The molecule has 10 aromatic rings. The molecule has 12 rings (SSSR count). The first-order chi connectivity index (χ1) is 45.2. The minimum absolute atomic E-state index is 0.0888. The molecule has 0 aliphatic heterocycles. The van der Waals surface area contributed by atoms with Crippen molar-refractivity contribution in [2.75, 3.05) is 13.2 Å². The molecule has 2 aliphatic rings. The standard InChI is InChI=1S/C91H114N2O4/c1-25-88(17,18)90(21,22)60-46-70(80(94)78(52-60)92-74-48-56(84(5,6)7)34-38-64(74)65-39-35-57(49-75(65)92)85(8,9)10)72-44-54(3)62-30-27-32-68(62)82(72)96-42-29-43-97-83-69-33-28-31-63(69)55(4)45-73(83)71-47-61(91(23,24)89(19,20)26-2)53-79(81(71)95)93-76-50-58(86(11,12)13)36-40-66(76)67-41-37-59(51-77(67)93)87(14,15)16/h34-41,44-53,94-95H,25-33,42-43H2,1-24H3. The number of phenolic OH excluding ortho intramolecular Hbond substituents is 2. The molecule has 0 bridgehead atoms. The van der Waals surface area contributed by atoms with Crippen LogP contribution in [0.5, 0.6) is 23.0 Å². The van der Waals surface area contributed by atoms with E-state index in [-0.39, 0.29) is 54.8 Å². The van der Waals surface area contributed by atoms with E-state index < -0.39 is 0 Å². The highest BCUT2D eigenvalue weighted by molar-refractivity contribution is 6.11. The number of nitrogens with zero attached hydrogens (tertiary/aromatic N) is 2. The average molecular weight is 1300 g/mol. The molecule has 6 nitrogen and oxygen atoms in total. The largest absolute Gasteiger partial charge is 0.505 e. The number of ether oxygens (including phenoxy) is 2. The summed E-state index contributed by atoms with van der Waals surface area (Å²) < 4.78 is 19.5. The molecule has 0 fully saturated rings. The van der Waals surface area contributed by atoms with Gasteiger partial charge in [0.2, 0.25) is 0 Å². The van der Waals surface area contributed by atoms with Crippen molar-refractivity contribution in [1.82, 2.24) is 9.13 Å². The van der Waals surface area contributed by atoms with E-state index in [0.717, 1.165) is 119 Å². The first kappa shape index (κ1) is 69.5. The number of aryl methyl sites for hydroxylation is 2. The molecule has 2 N–H and O–H groups in total. The number of fused-ring (bicyclic) bond motifs is 8. The minimum atomic E-state index is -0.302. The van der Waals surface area contributed by atoms with Crippen LogP contribution in [0.15, 0.2) is 109 Å². The van der Waals surface area contributed by atoms with Crippen molar-refractivity contribution in [1.29, 1.82) is 0 Å². The van der Waals surface area contributed by atoms with Crippen LogP contribution in [0.4, 0.5) is 0 Å². The fourth-order valence-corrected chi connectivity index (χ4v) is 15.9. The van der Waals surface area contributed by atoms with E-state index in [9.17, 15) is 10.2 Å². The highest BCUT2D eigenvalue weighted by atomic mass is 16.5. The molecular weight excluding hydrogens is 1190 g/mol. The molecule has 0 unspecified atom stereocenters. The van der Waals surface area contributed by atoms with Crippen molar-refractivity contribution in [3.63, 3.8) is 0 Å². The van der Waals surface area contributed by atoms with Gasteiger partial charge in [-0.2, -0.15) is 0 Å². The average Bonchev–Trinajstić information content (AvgIpc) is 1.60. The van der Waals surface area contributed by atoms with Crippen LogP contribution in [0.3, 0.4) is 0 Å². The fourth-order valence-electron chi connectivity index (χ4n) is 15.9. The van der Waals surface area contributed by atoms with Gasteiger partial charge in [0.05, 0.1) is 46.7 Å². The predicted molar refractivity (Wildman–Crippen MR) is 414 cm³/mol. The van der Waals surface area contributed by atoms with Crippen LogP contribution in [0.2, 0.25) is 0 Å². The third-order valence-electron chi connectivity index (χ3n) is 24.8. The SMILES string of the molecule is CCC(C)(C)C(C)(C)c1cc(-c2cc(C)c3c(c2OCCCOc2c(-c4cc(C(C)(C)C(C)(C)CC)cc(-n5c6cc(C(C)(C)C)ccc6c6ccc(C(C)(C)C)cc65)c4O)cc(C)c4c2CCC4)CCC3)c(O)c(-n2c3cc(C(C)(C)C)ccc3c3ccc(C(C)(C)C)cc32)c1. The third kappa shape index (κ3) is 11.9. The van der Waals surface area contributed by atoms with E-state index in [4.69, 9.17) is 9.47 Å². The molecule has 2 aromatic heterocycles. The van der Waals surface area contributed by atoms with Gasteiger partial charge >= 0.3 is 0 Å². The van der Waals surface area contributed by atoms with E-state index >= 15 is 0 Å². The Hall–Kier alpha value is -7.44. The van der Waals surface area contributed by atoms with Crippen molar-refractivity contribution in [3.8, 4) is 56.6 Å². The van der Waals surface area contributed by atoms with Gasteiger partial charge in [0, 0.05) is 50.2 Å². The van der Waals surface area contributed by atoms with Crippen LogP contribution in [-0.4, -0.2) is 32.6 Å². The Morgan fingerprint density at radius 1 is 0.351 bits per heavy atom. The van der Waals surface area contributed by atoms with Crippen LogP contribution < -0.4 is 9.47 Å². The van der Waals surface area contributed by atoms with Crippen LogP contribution in [0, 0.1) is 24.7 Å². The third-order valence-corrected chi connectivity index (χ3v) is 24.8. The van der Waals surface area contributed by atoms with Gasteiger partial charge in [0.1, 0.15) is 23.0 Å². The van der Waals surface area contributed by atoms with Gasteiger partial charge in [-0.15, -0.1) is 0 Å². The first-order valence-electron chi connectivity index (χ1n) is 36.7. The predicted octanol–water partition coefficient (Wildman–Crippen LogP) is 24.7. The lowest BCUT2D eigenvalue weighted by Crippen LogP contribution is -2.36. The number of benzene rings is 8. The van der Waals surface area contributed by atoms with Crippen LogP contribution >= 0.6 is 0 Å². The fraction of sp³-hybridized carbons (Fsp3) is 0.473. The summed E-state index contributed by atoms with van der Waals surface area (Å²) in [6.45, 7) is 56.5. The Bertz CT molecular complexity index is 4320. The molecule has 6 heteroatoms. The topological polar surface area (TPSA) is 68.8 Å². The second kappa shape index (κ2) is 24.2. The minimum Gasteiger partial charge on any atom is -0.505 e. The summed E-state index contributed by atoms with van der Waals surface area (Å²) in [5.41, 5.74) is 23.2. The lowest BCUT2D eigenvalue weighted by molar-refractivity contribution is 0.189. The highest BCUT2D eigenvalue weighted by Crippen LogP contribution is 2.55. The number of phenols is 2. The zero-order valence-corrected chi connectivity index (χ0v) is 63.8. The monoisotopic (exact) mass is 1300 g/mol. The summed E-state index contributed by atoms with van der Waals surface area (Å²) in [7, 11) is 0. The molecule has 0 amide bonds. The molecule has 0 atom stereocenters. The highest BCUT2D eigenvalue weighted by Gasteiger charge is 2.41. The number of aromatic nitrogens is 2. The van der Waals surface area contributed by atoms with Crippen molar-refractivity contribution in [3.05, 3.63) is 176 Å². The van der Waals surface area contributed by atoms with E-state index in [1.165, 1.54) is 88.3 Å². The second-order valence-corrected chi connectivity index (χ2v) is 35.9. The molecule has 0 saturated heterocycles. The van der Waals surface area contributed by atoms with E-state index in [1.54, 1.807) is 0 Å². The Kier molecular flexibility index (Phi) is 17.3. The van der Waals surface area contributed by atoms with Crippen molar-refractivity contribution in [2.45, 2.75) is 256 Å². The van der Waals surface area contributed by atoms with Crippen molar-refractivity contribution < 1.29 is 19.7 Å². The van der Waals surface area contributed by atoms with Crippen LogP contribution in [-0.2, 0) is 58.2 Å². The molecular formula is C91H114N2O4. The molecule has 2 aliphatic carbocycles. The Balaban J connectivity index is 0.987. The van der Waals surface area contributed by atoms with Gasteiger partial charge in [-0.05, 0) is 223 Å². The maximum absolute atomic E-state index is 13.6. The van der Waals surface area contributed by atoms with Crippen molar-refractivity contribution >= 4 is 43.6 Å². The van der Waals surface area contributed by atoms with Gasteiger partial charge in [0.25, 0.3) is 0 Å². The summed E-state index contributed by atoms with van der Waals surface area (Å²) in [5, 5.41) is 31.9. The molecule has 8 aromatic carbocycles. The maximum Gasteiger partial charge on any atom is 0.147 e. The van der Waals surface area contributed by atoms with Crippen molar-refractivity contribution in [2.24, 2.45) is 10.8 Å². The second-order valence-electron chi connectivity index (χ2n) is 35.9. The normalized spacial score (nSPS) is 14.4. The van der Waals surface area contributed by atoms with Gasteiger partial charge in [-0.25, -0.2) is 0 Å². The zero-order valence-electron chi connectivity index (χ0n) is 63.8. The van der Waals surface area contributed by atoms with E-state index in [0.29, 0.717) is 19.6 Å². The lowest BCUT2D eigenvalue weighted by Gasteiger charge is -2.42. The molecule has 97 heavy (non-hydrogen) atoms. The molecule has 2 heterocycles. The van der Waals surface area contributed by atoms with Crippen LogP contribution in [0.1, 0.15) is 251 Å². The van der Waals surface area contributed by atoms with Gasteiger partial charge in [-0.3, -0.25) is 0 Å². The number of hydrogen-bond acceptors (Lipinski definition) is 4. The molecule has 512 valence electrons. The van der Waals surface area contributed by atoms with Gasteiger partial charge < -0.3 is 28.8 Å². The lowest BCUT2D eigenvalue weighted by atomic mass is 9.62. The summed E-state index contributed by atoms with van der Waals surface area (Å²) in [5.74, 6) is 2.24. The van der Waals surface area contributed by atoms with Crippen LogP contribution in [0.25, 0.3) is 77.2 Å². The summed E-state index contributed by atoms with van der Waals surface area (Å²) in [4.78, 5) is 0. The first-order valence-corrected chi connectivity index (χ1v) is 36.7. The summed E-state index contributed by atoms with van der Waals surface area (Å²) >= 11 is 0. The summed E-state index contributed by atoms with van der Waals surface area (Å²) in [6.07, 6.45) is 8.52. The summed E-state index contributed by atoms with van der Waals surface area (Å²) in [6, 6.07) is 41.6. The smallest absolute Gasteiger partial charge is 0.147 e. The zero-order chi connectivity index (χ0) is 70.4. The molecule has 0 radical (unpaired) electrons.